The molecule has 0 saturated carbocycles. The second kappa shape index (κ2) is 17.0. The number of carboxylic acids is 1. The number of ether oxygens (including phenoxy) is 1. The molecule has 1 aromatic carbocycles. The largest absolute Gasteiger partial charge is 0.481 e. The Morgan fingerprint density at radius 2 is 1.44 bits per heavy atom. The summed E-state index contributed by atoms with van der Waals surface area (Å²) < 4.78 is 4.64. The fourth-order valence-electron chi connectivity index (χ4n) is 3.09. The van der Waals surface area contributed by atoms with Crippen molar-refractivity contribution >= 4 is 17.8 Å². The first-order chi connectivity index (χ1) is 15.8. The number of carbonyl (C=O) groups is 3. The lowest BCUT2D eigenvalue weighted by Crippen LogP contribution is -2.50. The molecule has 0 aliphatic carbocycles. The molecular formula is C23H39N3O8. The monoisotopic (exact) mass is 485 g/mol. The molecule has 3 unspecified atom stereocenters. The summed E-state index contributed by atoms with van der Waals surface area (Å²) in [7, 11) is 1.21. The molecule has 1 rings (SSSR count). The average molecular weight is 486 g/mol. The van der Waals surface area contributed by atoms with Crippen LogP contribution in [0.5, 0.6) is 0 Å². The van der Waals surface area contributed by atoms with Crippen LogP contribution in [-0.4, -0.2) is 100 Å². The zero-order chi connectivity index (χ0) is 26.3. The lowest BCUT2D eigenvalue weighted by Gasteiger charge is -2.25. The van der Waals surface area contributed by atoms with Crippen molar-refractivity contribution in [3.05, 3.63) is 35.9 Å². The van der Waals surface area contributed by atoms with Crippen LogP contribution in [0.25, 0.3) is 0 Å². The molecule has 5 atom stereocenters. The van der Waals surface area contributed by atoms with Gasteiger partial charge in [0.25, 0.3) is 0 Å². The number of nitrogens with zero attached hydrogens (tertiary/aromatic N) is 1. The molecule has 0 bridgehead atoms. The zero-order valence-electron chi connectivity index (χ0n) is 20.3. The summed E-state index contributed by atoms with van der Waals surface area (Å²) in [6, 6.07) is 6.93. The van der Waals surface area contributed by atoms with Gasteiger partial charge in [-0.2, -0.15) is 0 Å². The Morgan fingerprint density at radius 3 is 1.82 bits per heavy atom. The lowest BCUT2D eigenvalue weighted by atomic mass is 10.1. The van der Waals surface area contributed by atoms with Crippen molar-refractivity contribution < 1.29 is 39.5 Å². The summed E-state index contributed by atoms with van der Waals surface area (Å²) >= 11 is 0. The molecule has 11 heteroatoms. The number of hydrogen-bond donors (Lipinski definition) is 6. The van der Waals surface area contributed by atoms with E-state index in [1.165, 1.54) is 7.11 Å². The van der Waals surface area contributed by atoms with Crippen molar-refractivity contribution in [2.75, 3.05) is 26.7 Å². The molecule has 0 aliphatic rings. The van der Waals surface area contributed by atoms with Gasteiger partial charge in [-0.1, -0.05) is 30.3 Å². The Hall–Kier alpha value is -2.57. The normalized spacial score (nSPS) is 15.2. The molecule has 7 N–H and O–H groups in total. The van der Waals surface area contributed by atoms with E-state index >= 15 is 0 Å². The van der Waals surface area contributed by atoms with Crippen molar-refractivity contribution in [1.29, 1.82) is 0 Å². The van der Waals surface area contributed by atoms with Gasteiger partial charge in [0.2, 0.25) is 5.91 Å². The van der Waals surface area contributed by atoms with Gasteiger partial charge >= 0.3 is 11.9 Å². The lowest BCUT2D eigenvalue weighted by molar-refractivity contribution is -0.145. The third-order valence-electron chi connectivity index (χ3n) is 4.38. The van der Waals surface area contributed by atoms with E-state index in [0.29, 0.717) is 19.6 Å². The fraction of sp³-hybridized carbons (Fsp3) is 0.609. The molecular weight excluding hydrogens is 446 g/mol. The molecule has 1 amide bonds. The predicted octanol–water partition coefficient (Wildman–Crippen LogP) is -0.880. The molecule has 0 aromatic heterocycles. The highest BCUT2D eigenvalue weighted by Crippen LogP contribution is 2.05. The SMILES string of the molecule is CC(O)CN(CC(C)O)CC(C)O.COC(=O)[C@@H](Cc1ccccc1)NC(=O)[C@H](N)CC(=O)O. The number of nitrogens with two attached hydrogens (primary N) is 1. The Balaban J connectivity index is 0.000000722. The molecule has 0 radical (unpaired) electrons. The van der Waals surface area contributed by atoms with Crippen LogP contribution in [0.2, 0.25) is 0 Å². The Kier molecular flexibility index (Phi) is 15.7. The van der Waals surface area contributed by atoms with Crippen LogP contribution in [0, 0.1) is 0 Å². The van der Waals surface area contributed by atoms with Crippen molar-refractivity contribution in [2.45, 2.75) is 64.0 Å². The van der Waals surface area contributed by atoms with E-state index in [1.54, 1.807) is 32.9 Å². The summed E-state index contributed by atoms with van der Waals surface area (Å²) in [4.78, 5) is 35.9. The van der Waals surface area contributed by atoms with Gasteiger partial charge in [0.05, 0.1) is 37.9 Å². The summed E-state index contributed by atoms with van der Waals surface area (Å²) in [5.74, 6) is -2.51. The van der Waals surface area contributed by atoms with Crippen molar-refractivity contribution in [2.24, 2.45) is 5.73 Å². The number of benzene rings is 1. The van der Waals surface area contributed by atoms with Gasteiger partial charge in [0.1, 0.15) is 6.04 Å². The number of esters is 1. The highest BCUT2D eigenvalue weighted by atomic mass is 16.5. The number of carbonyl (C=O) groups excluding carboxylic acids is 2. The predicted molar refractivity (Wildman–Crippen MR) is 126 cm³/mol. The van der Waals surface area contributed by atoms with Gasteiger partial charge in [-0.25, -0.2) is 4.79 Å². The minimum Gasteiger partial charge on any atom is -0.481 e. The smallest absolute Gasteiger partial charge is 0.328 e. The minimum atomic E-state index is -1.22. The first kappa shape index (κ1) is 31.4. The molecule has 0 fully saturated rings. The van der Waals surface area contributed by atoms with Gasteiger partial charge in [-0.05, 0) is 26.3 Å². The van der Waals surface area contributed by atoms with E-state index in [2.05, 4.69) is 10.1 Å². The van der Waals surface area contributed by atoms with Crippen molar-refractivity contribution in [1.82, 2.24) is 10.2 Å². The molecule has 34 heavy (non-hydrogen) atoms. The topological polar surface area (TPSA) is 183 Å². The van der Waals surface area contributed by atoms with Gasteiger partial charge in [0, 0.05) is 26.1 Å². The maximum atomic E-state index is 11.8. The Bertz CT molecular complexity index is 704. The fourth-order valence-corrected chi connectivity index (χ4v) is 3.09. The van der Waals surface area contributed by atoms with E-state index in [0.717, 1.165) is 5.56 Å². The van der Waals surface area contributed by atoms with Crippen LogP contribution >= 0.6 is 0 Å². The average Bonchev–Trinajstić information content (AvgIpc) is 2.71. The number of hydrogen-bond acceptors (Lipinski definition) is 9. The third-order valence-corrected chi connectivity index (χ3v) is 4.38. The molecule has 1 aromatic rings. The molecule has 194 valence electrons. The maximum absolute atomic E-state index is 11.8. The number of amides is 1. The maximum Gasteiger partial charge on any atom is 0.328 e. The second-order valence-electron chi connectivity index (χ2n) is 8.24. The number of aliphatic carboxylic acids is 1. The Morgan fingerprint density at radius 1 is 0.971 bits per heavy atom. The number of methoxy groups -OCH3 is 1. The molecule has 0 saturated heterocycles. The van der Waals surface area contributed by atoms with E-state index in [1.807, 2.05) is 23.1 Å². The summed E-state index contributed by atoms with van der Waals surface area (Å²) in [5, 5.41) is 38.5. The first-order valence-electron chi connectivity index (χ1n) is 11.0. The van der Waals surface area contributed by atoms with E-state index < -0.39 is 54.7 Å². The van der Waals surface area contributed by atoms with Crippen LogP contribution in [0.3, 0.4) is 0 Å². The second-order valence-corrected chi connectivity index (χ2v) is 8.24. The van der Waals surface area contributed by atoms with Crippen molar-refractivity contribution in [3.63, 3.8) is 0 Å². The van der Waals surface area contributed by atoms with Crippen LogP contribution in [0.4, 0.5) is 0 Å². The standard InChI is InChI=1S/C14H18N2O5.C9H21NO3/c1-21-14(20)11(7-9-5-3-2-4-6-9)16-13(19)10(15)8-12(17)18;1-7(11)4-10(5-8(2)12)6-9(3)13/h2-6,10-11H,7-8,15H2,1H3,(H,16,19)(H,17,18);7-9,11-13H,4-6H2,1-3H3/t10-,11-;/m1./s1. The third kappa shape index (κ3) is 15.3. The number of carboxylic acid groups (broad SMARTS) is 1. The van der Waals surface area contributed by atoms with Crippen LogP contribution < -0.4 is 11.1 Å². The molecule has 0 aliphatic heterocycles. The molecule has 0 heterocycles. The van der Waals surface area contributed by atoms with E-state index in [-0.39, 0.29) is 6.42 Å². The highest BCUT2D eigenvalue weighted by molar-refractivity contribution is 5.89. The Labute approximate surface area is 200 Å². The van der Waals surface area contributed by atoms with E-state index in [4.69, 9.17) is 26.2 Å². The summed E-state index contributed by atoms with van der Waals surface area (Å²) in [5.41, 5.74) is 6.29. The zero-order valence-corrected chi connectivity index (χ0v) is 20.3. The first-order valence-corrected chi connectivity index (χ1v) is 11.0. The van der Waals surface area contributed by atoms with E-state index in [9.17, 15) is 14.4 Å². The number of nitrogens with one attached hydrogen (secondary N) is 1. The summed E-state index contributed by atoms with van der Waals surface area (Å²) in [6.07, 6.45) is -1.57. The summed E-state index contributed by atoms with van der Waals surface area (Å²) in [6.45, 7) is 6.52. The minimum absolute atomic E-state index is 0.235. The number of aliphatic hydroxyl groups is 3. The highest BCUT2D eigenvalue weighted by Gasteiger charge is 2.25. The van der Waals surface area contributed by atoms with Crippen LogP contribution in [0.1, 0.15) is 32.8 Å². The van der Waals surface area contributed by atoms with Crippen molar-refractivity contribution in [3.8, 4) is 0 Å². The molecule has 11 nitrogen and oxygen atoms in total. The quantitative estimate of drug-likeness (QED) is 0.192. The van der Waals surface area contributed by atoms with Gasteiger partial charge in [-0.15, -0.1) is 0 Å². The van der Waals surface area contributed by atoms with Gasteiger partial charge < -0.3 is 36.2 Å². The van der Waals surface area contributed by atoms with Crippen LogP contribution in [-0.2, 0) is 25.5 Å². The van der Waals surface area contributed by atoms with Gasteiger partial charge in [-0.3, -0.25) is 14.5 Å². The van der Waals surface area contributed by atoms with Gasteiger partial charge in [0.15, 0.2) is 0 Å². The number of aliphatic hydroxyl groups excluding tert-OH is 3. The number of rotatable bonds is 13. The molecule has 0 spiro atoms. The van der Waals surface area contributed by atoms with Crippen LogP contribution in [0.15, 0.2) is 30.3 Å².